The van der Waals surface area contributed by atoms with E-state index in [0.717, 1.165) is 16.6 Å². The zero-order valence-electron chi connectivity index (χ0n) is 27.0. The Balaban J connectivity index is 1.08. The van der Waals surface area contributed by atoms with Crippen LogP contribution in [0.5, 0.6) is 0 Å². The van der Waals surface area contributed by atoms with Crippen molar-refractivity contribution in [1.29, 1.82) is 0 Å². The first-order valence-electron chi connectivity index (χ1n) is 17.1. The van der Waals surface area contributed by atoms with E-state index >= 15 is 0 Å². The molecule has 0 aliphatic carbocycles. The van der Waals surface area contributed by atoms with E-state index in [-0.39, 0.29) is 0 Å². The molecular formula is C48H28OS. The lowest BCUT2D eigenvalue weighted by molar-refractivity contribution is 0.669. The summed E-state index contributed by atoms with van der Waals surface area (Å²) in [6.07, 6.45) is 0. The highest BCUT2D eigenvalue weighted by Crippen LogP contribution is 2.46. The Bertz CT molecular complexity index is 3070. The van der Waals surface area contributed by atoms with E-state index in [0.29, 0.717) is 0 Å². The molecule has 232 valence electrons. The predicted octanol–water partition coefficient (Wildman–Crippen LogP) is 14.4. The number of hydrogen-bond donors (Lipinski definition) is 0. The first-order chi connectivity index (χ1) is 24.8. The number of thiophene rings is 1. The maximum absolute atomic E-state index is 6.46. The Morgan fingerprint density at radius 2 is 0.900 bits per heavy atom. The van der Waals surface area contributed by atoms with Gasteiger partial charge in [-0.05, 0) is 90.0 Å². The molecule has 11 rings (SSSR count). The predicted molar refractivity (Wildman–Crippen MR) is 215 cm³/mol. The van der Waals surface area contributed by atoms with E-state index in [1.807, 2.05) is 11.3 Å². The average molecular weight is 653 g/mol. The minimum absolute atomic E-state index is 0.921. The van der Waals surface area contributed by atoms with Gasteiger partial charge >= 0.3 is 0 Å². The molecular weight excluding hydrogens is 625 g/mol. The van der Waals surface area contributed by atoms with Gasteiger partial charge in [-0.15, -0.1) is 11.3 Å². The van der Waals surface area contributed by atoms with E-state index in [9.17, 15) is 0 Å². The first kappa shape index (κ1) is 27.7. The molecule has 2 heteroatoms. The zero-order valence-corrected chi connectivity index (χ0v) is 27.8. The highest BCUT2D eigenvalue weighted by molar-refractivity contribution is 7.27. The fourth-order valence-corrected chi connectivity index (χ4v) is 9.47. The standard InChI is InChI=1S/C48H28OS/c1-2-11-31(12-3-1)44-35-14-6-8-16-37(35)45(38-17-9-7-15-36(38)44)32-20-18-29(19-21-32)33-23-25-41-40(28-33)46-42(49-41)26-27-43-47(46)39-24-22-30-10-4-5-13-34(30)48(39)50-43/h1-28H. The van der Waals surface area contributed by atoms with Crippen molar-refractivity contribution in [3.8, 4) is 33.4 Å². The summed E-state index contributed by atoms with van der Waals surface area (Å²) in [5, 5.41) is 12.6. The van der Waals surface area contributed by atoms with Crippen molar-refractivity contribution in [3.63, 3.8) is 0 Å². The van der Waals surface area contributed by atoms with Crippen LogP contribution in [0.25, 0.3) is 108 Å². The minimum Gasteiger partial charge on any atom is -0.456 e. The van der Waals surface area contributed by atoms with Crippen molar-refractivity contribution >= 4 is 85.8 Å². The summed E-state index contributed by atoms with van der Waals surface area (Å²) in [4.78, 5) is 0. The second-order valence-corrected chi connectivity index (χ2v) is 14.2. The highest BCUT2D eigenvalue weighted by atomic mass is 32.1. The minimum atomic E-state index is 0.921. The molecule has 2 heterocycles. The van der Waals surface area contributed by atoms with Crippen molar-refractivity contribution in [2.45, 2.75) is 0 Å². The van der Waals surface area contributed by atoms with Gasteiger partial charge in [-0.3, -0.25) is 0 Å². The molecule has 0 atom stereocenters. The van der Waals surface area contributed by atoms with Crippen molar-refractivity contribution in [1.82, 2.24) is 0 Å². The van der Waals surface area contributed by atoms with Gasteiger partial charge in [0.1, 0.15) is 11.2 Å². The van der Waals surface area contributed by atoms with Crippen LogP contribution in [0.1, 0.15) is 0 Å². The third kappa shape index (κ3) is 4.00. The van der Waals surface area contributed by atoms with Crippen LogP contribution in [-0.2, 0) is 0 Å². The number of furan rings is 1. The van der Waals surface area contributed by atoms with Crippen LogP contribution in [0.3, 0.4) is 0 Å². The molecule has 0 radical (unpaired) electrons. The Hall–Kier alpha value is -6.22. The van der Waals surface area contributed by atoms with Crippen LogP contribution >= 0.6 is 11.3 Å². The average Bonchev–Trinajstić information content (AvgIpc) is 3.75. The van der Waals surface area contributed by atoms with E-state index in [1.54, 1.807) is 0 Å². The Labute approximate surface area is 292 Å². The Morgan fingerprint density at radius 3 is 1.60 bits per heavy atom. The molecule has 0 unspecified atom stereocenters. The monoisotopic (exact) mass is 652 g/mol. The second kappa shape index (κ2) is 10.6. The second-order valence-electron chi connectivity index (χ2n) is 13.2. The molecule has 0 saturated heterocycles. The number of benzene rings is 9. The molecule has 0 N–H and O–H groups in total. The van der Waals surface area contributed by atoms with Gasteiger partial charge in [-0.2, -0.15) is 0 Å². The van der Waals surface area contributed by atoms with Gasteiger partial charge in [0.2, 0.25) is 0 Å². The molecule has 0 saturated carbocycles. The van der Waals surface area contributed by atoms with Gasteiger partial charge in [-0.25, -0.2) is 0 Å². The van der Waals surface area contributed by atoms with Crippen molar-refractivity contribution in [2.24, 2.45) is 0 Å². The Kier molecular flexibility index (Phi) is 5.89. The van der Waals surface area contributed by atoms with Gasteiger partial charge in [0.15, 0.2) is 0 Å². The molecule has 0 spiro atoms. The maximum atomic E-state index is 6.46. The fourth-order valence-electron chi connectivity index (χ4n) is 8.23. The van der Waals surface area contributed by atoms with E-state index in [1.165, 1.54) is 91.3 Å². The van der Waals surface area contributed by atoms with Crippen molar-refractivity contribution < 1.29 is 4.42 Å². The molecule has 0 amide bonds. The van der Waals surface area contributed by atoms with Gasteiger partial charge in [0.25, 0.3) is 0 Å². The van der Waals surface area contributed by atoms with E-state index in [2.05, 4.69) is 170 Å². The van der Waals surface area contributed by atoms with Gasteiger partial charge in [-0.1, -0.05) is 146 Å². The molecule has 11 aromatic rings. The SMILES string of the molecule is c1ccc(-c2c3ccccc3c(-c3ccc(-c4ccc5oc6ccc7sc8c9ccccc9ccc8c7c6c5c4)cc3)c3ccccc23)cc1. The molecule has 0 aliphatic rings. The third-order valence-electron chi connectivity index (χ3n) is 10.5. The largest absolute Gasteiger partial charge is 0.456 e. The molecule has 50 heavy (non-hydrogen) atoms. The van der Waals surface area contributed by atoms with E-state index < -0.39 is 0 Å². The van der Waals surface area contributed by atoms with Crippen LogP contribution in [0.2, 0.25) is 0 Å². The number of fused-ring (bicyclic) bond motifs is 11. The van der Waals surface area contributed by atoms with Crippen LogP contribution in [0.4, 0.5) is 0 Å². The highest BCUT2D eigenvalue weighted by Gasteiger charge is 2.19. The lowest BCUT2D eigenvalue weighted by Gasteiger charge is -2.18. The molecule has 0 bridgehead atoms. The molecule has 1 nitrogen and oxygen atoms in total. The maximum Gasteiger partial charge on any atom is 0.136 e. The molecule has 0 aliphatic heterocycles. The van der Waals surface area contributed by atoms with Crippen LogP contribution in [0.15, 0.2) is 174 Å². The Morgan fingerprint density at radius 1 is 0.340 bits per heavy atom. The summed E-state index contributed by atoms with van der Waals surface area (Å²) in [6, 6.07) is 61.8. The van der Waals surface area contributed by atoms with Crippen LogP contribution in [0, 0.1) is 0 Å². The number of rotatable bonds is 3. The van der Waals surface area contributed by atoms with Gasteiger partial charge < -0.3 is 4.42 Å². The zero-order chi connectivity index (χ0) is 32.8. The molecule has 0 fully saturated rings. The summed E-state index contributed by atoms with van der Waals surface area (Å²) >= 11 is 1.88. The summed E-state index contributed by atoms with van der Waals surface area (Å²) < 4.78 is 9.09. The quantitative estimate of drug-likeness (QED) is 0.173. The summed E-state index contributed by atoms with van der Waals surface area (Å²) in [7, 11) is 0. The summed E-state index contributed by atoms with van der Waals surface area (Å²) in [5.41, 5.74) is 9.25. The number of hydrogen-bond acceptors (Lipinski definition) is 2. The third-order valence-corrected chi connectivity index (χ3v) is 11.7. The smallest absolute Gasteiger partial charge is 0.136 e. The first-order valence-corrected chi connectivity index (χ1v) is 17.9. The van der Waals surface area contributed by atoms with Crippen molar-refractivity contribution in [2.75, 3.05) is 0 Å². The summed E-state index contributed by atoms with van der Waals surface area (Å²) in [5.74, 6) is 0. The lowest BCUT2D eigenvalue weighted by Crippen LogP contribution is -1.90. The molecule has 9 aromatic carbocycles. The lowest BCUT2D eigenvalue weighted by atomic mass is 9.86. The van der Waals surface area contributed by atoms with Gasteiger partial charge in [0, 0.05) is 30.9 Å². The normalized spacial score (nSPS) is 12.0. The molecule has 2 aromatic heterocycles. The van der Waals surface area contributed by atoms with Crippen LogP contribution in [-0.4, -0.2) is 0 Å². The topological polar surface area (TPSA) is 13.1 Å². The fraction of sp³-hybridized carbons (Fsp3) is 0. The van der Waals surface area contributed by atoms with Crippen LogP contribution < -0.4 is 0 Å². The summed E-state index contributed by atoms with van der Waals surface area (Å²) in [6.45, 7) is 0. The van der Waals surface area contributed by atoms with Gasteiger partial charge in [0.05, 0.1) is 0 Å². The van der Waals surface area contributed by atoms with Crippen molar-refractivity contribution in [3.05, 3.63) is 170 Å². The van der Waals surface area contributed by atoms with E-state index in [4.69, 9.17) is 4.42 Å².